The van der Waals surface area contributed by atoms with E-state index in [1.807, 2.05) is 0 Å². The van der Waals surface area contributed by atoms with E-state index in [0.29, 0.717) is 11.3 Å². The Hall–Kier alpha value is -6.13. The number of rotatable bonds is 0. The van der Waals surface area contributed by atoms with Gasteiger partial charge < -0.3 is 15.3 Å². The zero-order valence-electron chi connectivity index (χ0n) is 19.4. The molecule has 7 aromatic rings. The Morgan fingerprint density at radius 1 is 0.526 bits per heavy atom. The van der Waals surface area contributed by atoms with Gasteiger partial charge in [-0.2, -0.15) is 0 Å². The third-order valence-electron chi connectivity index (χ3n) is 4.07. The zero-order chi connectivity index (χ0) is 27.2. The average molecular weight is 522 g/mol. The average Bonchev–Trinajstić information content (AvgIpc) is 3.72. The van der Waals surface area contributed by atoms with Crippen LogP contribution in [-0.2, 0) is 0 Å². The van der Waals surface area contributed by atoms with Gasteiger partial charge in [-0.1, -0.05) is 0 Å². The van der Waals surface area contributed by atoms with Crippen molar-refractivity contribution < 1.29 is 0 Å². The van der Waals surface area contributed by atoms with Crippen molar-refractivity contribution in [3.63, 3.8) is 0 Å². The van der Waals surface area contributed by atoms with Gasteiger partial charge >= 0.3 is 0 Å². The van der Waals surface area contributed by atoms with E-state index in [2.05, 4.69) is 50.8 Å². The Morgan fingerprint density at radius 2 is 0.895 bits per heavy atom. The highest BCUT2D eigenvalue weighted by Crippen LogP contribution is 1.90. The van der Waals surface area contributed by atoms with Gasteiger partial charge in [0.05, 0.1) is 0 Å². The first-order valence-corrected chi connectivity index (χ1v) is 10.6. The van der Waals surface area contributed by atoms with E-state index in [9.17, 15) is 24.0 Å². The second-order valence-corrected chi connectivity index (χ2v) is 6.84. The summed E-state index contributed by atoms with van der Waals surface area (Å²) in [6.45, 7) is 0. The molecule has 0 unspecified atom stereocenters. The first-order valence-electron chi connectivity index (χ1n) is 10.6. The lowest BCUT2D eigenvalue weighted by Gasteiger charge is -1.87. The van der Waals surface area contributed by atoms with E-state index in [0.717, 1.165) is 0 Å². The minimum absolute atomic E-state index is 0.0880. The molecule has 0 aliphatic rings. The van der Waals surface area contributed by atoms with Crippen LogP contribution in [0.5, 0.6) is 0 Å². The van der Waals surface area contributed by atoms with Gasteiger partial charge in [0.1, 0.15) is 0 Å². The second-order valence-electron chi connectivity index (χ2n) is 6.84. The number of hydrogen-bond donors (Lipinski definition) is 8. The predicted octanol–water partition coefficient (Wildman–Crippen LogP) is -0.846. The maximum atomic E-state index is 10.7. The number of nitrogens with zero attached hydrogens (tertiary/aromatic N) is 4. The summed E-state index contributed by atoms with van der Waals surface area (Å²) in [7, 11) is 0. The van der Waals surface area contributed by atoms with Crippen molar-refractivity contribution in [2.45, 2.75) is 0 Å². The molecular formula is C21H22N12O5. The van der Waals surface area contributed by atoms with Crippen LogP contribution in [0.15, 0.2) is 110 Å². The van der Waals surface area contributed by atoms with Crippen molar-refractivity contribution >= 4 is 11.3 Å². The molecular weight excluding hydrogens is 500 g/mol. The molecule has 0 aliphatic heterocycles. The lowest BCUT2D eigenvalue weighted by atomic mass is 10.6. The number of aromatic amines is 8. The van der Waals surface area contributed by atoms with Crippen LogP contribution in [0.4, 0.5) is 0 Å². The lowest BCUT2D eigenvalue weighted by Crippen LogP contribution is -1.97. The molecule has 0 aromatic carbocycles. The Kier molecular flexibility index (Phi) is 9.53. The molecule has 0 fully saturated rings. The molecule has 0 radical (unpaired) electrons. The predicted molar refractivity (Wildman–Crippen MR) is 136 cm³/mol. The Labute approximate surface area is 209 Å². The molecule has 0 saturated heterocycles. The molecule has 0 amide bonds. The van der Waals surface area contributed by atoms with Crippen LogP contribution in [-0.4, -0.2) is 59.8 Å². The molecule has 0 aliphatic carbocycles. The van der Waals surface area contributed by atoms with E-state index in [1.54, 1.807) is 64.5 Å². The smallest absolute Gasteiger partial charge is 0.266 e. The first kappa shape index (κ1) is 26.5. The molecule has 0 spiro atoms. The number of H-pyrrole nitrogens is 8. The number of fused-ring (bicyclic) bond motifs is 2. The van der Waals surface area contributed by atoms with Gasteiger partial charge in [0.15, 0.2) is 11.3 Å². The molecule has 17 heteroatoms. The standard InChI is InChI=1S/2C6H5N3O.3C3H4N2O/c2*10-6-4-5-7-2-1-3-9(5)8-6;3*6-3-1-2-4-5-3/h2*1-4H,(H,8,10);3*1-2H,(H2,4,5,6). The van der Waals surface area contributed by atoms with Gasteiger partial charge in [-0.05, 0) is 12.1 Å². The van der Waals surface area contributed by atoms with Crippen LogP contribution < -0.4 is 27.8 Å². The summed E-state index contributed by atoms with van der Waals surface area (Å²) in [5, 5.41) is 19.5. The van der Waals surface area contributed by atoms with Gasteiger partial charge in [0.2, 0.25) is 0 Å². The van der Waals surface area contributed by atoms with Crippen molar-refractivity contribution in [2.24, 2.45) is 0 Å². The summed E-state index contributed by atoms with van der Waals surface area (Å²) in [5.74, 6) is 0. The van der Waals surface area contributed by atoms with E-state index in [4.69, 9.17) is 0 Å². The number of aromatic nitrogens is 12. The Balaban J connectivity index is 0.000000135. The van der Waals surface area contributed by atoms with Gasteiger partial charge in [-0.15, -0.1) is 0 Å². The second kappa shape index (κ2) is 13.7. The van der Waals surface area contributed by atoms with Crippen LogP contribution in [0.2, 0.25) is 0 Å². The summed E-state index contributed by atoms with van der Waals surface area (Å²) in [6.07, 6.45) is 11.4. The zero-order valence-corrected chi connectivity index (χ0v) is 19.4. The molecule has 8 N–H and O–H groups in total. The van der Waals surface area contributed by atoms with E-state index in [1.165, 1.54) is 30.3 Å². The maximum absolute atomic E-state index is 10.7. The van der Waals surface area contributed by atoms with Gasteiger partial charge in [0.25, 0.3) is 27.8 Å². The van der Waals surface area contributed by atoms with Crippen molar-refractivity contribution in [3.05, 3.63) is 138 Å². The minimum Gasteiger partial charge on any atom is -0.305 e. The number of nitrogens with one attached hydrogen (secondary N) is 8. The summed E-state index contributed by atoms with van der Waals surface area (Å²) in [5.41, 5.74) is 0.775. The van der Waals surface area contributed by atoms with Crippen molar-refractivity contribution in [2.75, 3.05) is 0 Å². The van der Waals surface area contributed by atoms with Crippen molar-refractivity contribution in [3.8, 4) is 0 Å². The van der Waals surface area contributed by atoms with Gasteiger partial charge in [-0.25, -0.2) is 19.0 Å². The topological polar surface area (TPSA) is 246 Å². The summed E-state index contributed by atoms with van der Waals surface area (Å²) in [6, 6.07) is 10.6. The fourth-order valence-corrected chi connectivity index (χ4v) is 2.52. The largest absolute Gasteiger partial charge is 0.305 e. The summed E-state index contributed by atoms with van der Waals surface area (Å²) in [4.78, 5) is 59.2. The molecule has 7 rings (SSSR count). The van der Waals surface area contributed by atoms with Gasteiger partial charge in [-0.3, -0.25) is 49.5 Å². The quantitative estimate of drug-likeness (QED) is 0.125. The van der Waals surface area contributed by atoms with Gasteiger partial charge in [0, 0.05) is 73.7 Å². The van der Waals surface area contributed by atoms with Crippen molar-refractivity contribution in [1.82, 2.24) is 59.8 Å². The molecule has 7 heterocycles. The molecule has 196 valence electrons. The fourth-order valence-electron chi connectivity index (χ4n) is 2.52. The molecule has 0 atom stereocenters. The highest BCUT2D eigenvalue weighted by atomic mass is 16.1. The molecule has 38 heavy (non-hydrogen) atoms. The highest BCUT2D eigenvalue weighted by Gasteiger charge is 1.92. The lowest BCUT2D eigenvalue weighted by molar-refractivity contribution is 0.920. The third-order valence-corrected chi connectivity index (χ3v) is 4.07. The number of hydrogen-bond acceptors (Lipinski definition) is 7. The molecule has 0 saturated carbocycles. The minimum atomic E-state index is -0.126. The fraction of sp³-hybridized carbons (Fsp3) is 0. The van der Waals surface area contributed by atoms with E-state index in [-0.39, 0.29) is 27.8 Å². The third kappa shape index (κ3) is 8.91. The van der Waals surface area contributed by atoms with E-state index < -0.39 is 0 Å². The Bertz CT molecular complexity index is 1620. The monoisotopic (exact) mass is 522 g/mol. The van der Waals surface area contributed by atoms with Crippen LogP contribution in [0.3, 0.4) is 0 Å². The van der Waals surface area contributed by atoms with Crippen LogP contribution >= 0.6 is 0 Å². The SMILES string of the molecule is O=c1cc2ncccn2[nH]1.O=c1cc2ncccn2[nH]1.O=c1cc[nH][nH]1.O=c1cc[nH][nH]1.O=c1cc[nH][nH]1. The van der Waals surface area contributed by atoms with Crippen LogP contribution in [0.25, 0.3) is 11.3 Å². The normalized spacial score (nSPS) is 9.58. The summed E-state index contributed by atoms with van der Waals surface area (Å²) >= 11 is 0. The molecule has 0 bridgehead atoms. The van der Waals surface area contributed by atoms with E-state index >= 15 is 0 Å². The first-order chi connectivity index (χ1) is 18.4. The van der Waals surface area contributed by atoms with Crippen molar-refractivity contribution in [1.29, 1.82) is 0 Å². The van der Waals surface area contributed by atoms with Crippen LogP contribution in [0, 0.1) is 0 Å². The highest BCUT2D eigenvalue weighted by molar-refractivity contribution is 5.34. The molecule has 17 nitrogen and oxygen atoms in total. The molecule has 7 aromatic heterocycles. The Morgan fingerprint density at radius 3 is 1.13 bits per heavy atom. The summed E-state index contributed by atoms with van der Waals surface area (Å²) < 4.78 is 3.14. The maximum Gasteiger partial charge on any atom is 0.266 e. The van der Waals surface area contributed by atoms with Crippen LogP contribution in [0.1, 0.15) is 0 Å².